The van der Waals surface area contributed by atoms with Crippen molar-refractivity contribution in [3.8, 4) is 0 Å². The van der Waals surface area contributed by atoms with Crippen molar-refractivity contribution in [2.45, 2.75) is 51.0 Å². The monoisotopic (exact) mass is 266 g/mol. The van der Waals surface area contributed by atoms with Gasteiger partial charge in [0.1, 0.15) is 0 Å². The second-order valence-corrected chi connectivity index (χ2v) is 5.73. The van der Waals surface area contributed by atoms with E-state index in [1.165, 1.54) is 44.1 Å². The topological polar surface area (TPSA) is 24.9 Å². The maximum atomic E-state index is 6.21. The lowest BCUT2D eigenvalue weighted by atomic mass is 9.88. The number of pyridine rings is 1. The largest absolute Gasteiger partial charge is 0.316 e. The van der Waals surface area contributed by atoms with Crippen LogP contribution in [0, 0.1) is 5.92 Å². The number of halogens is 1. The Hall–Kier alpha value is -0.600. The molecule has 0 bridgehead atoms. The van der Waals surface area contributed by atoms with Gasteiger partial charge < -0.3 is 5.32 Å². The number of rotatable bonds is 4. The minimum absolute atomic E-state index is 0.544. The Balaban J connectivity index is 2.02. The van der Waals surface area contributed by atoms with E-state index in [1.807, 2.05) is 12.3 Å². The first kappa shape index (κ1) is 13.8. The van der Waals surface area contributed by atoms with Crippen molar-refractivity contribution in [1.29, 1.82) is 0 Å². The van der Waals surface area contributed by atoms with Crippen molar-refractivity contribution < 1.29 is 0 Å². The average molecular weight is 267 g/mol. The molecular weight excluding hydrogens is 244 g/mol. The van der Waals surface area contributed by atoms with E-state index in [2.05, 4.69) is 17.3 Å². The van der Waals surface area contributed by atoms with Crippen LogP contribution in [0.15, 0.2) is 18.5 Å². The van der Waals surface area contributed by atoms with Gasteiger partial charge in [-0.3, -0.25) is 4.98 Å². The normalized spacial score (nSPS) is 19.4. The molecule has 18 heavy (non-hydrogen) atoms. The van der Waals surface area contributed by atoms with Gasteiger partial charge in [-0.1, -0.05) is 37.3 Å². The zero-order valence-electron chi connectivity index (χ0n) is 11.2. The van der Waals surface area contributed by atoms with Gasteiger partial charge in [-0.15, -0.1) is 0 Å². The van der Waals surface area contributed by atoms with E-state index >= 15 is 0 Å². The summed E-state index contributed by atoms with van der Waals surface area (Å²) in [6, 6.07) is 2.59. The molecule has 0 aliphatic heterocycles. The van der Waals surface area contributed by atoms with Crippen LogP contribution in [0.5, 0.6) is 0 Å². The SMILES string of the molecule is CNC(Cc1ccncc1Cl)C1CCCCCC1. The maximum Gasteiger partial charge on any atom is 0.0621 e. The Labute approximate surface area is 115 Å². The lowest BCUT2D eigenvalue weighted by molar-refractivity contribution is 0.332. The van der Waals surface area contributed by atoms with Crippen LogP contribution in [-0.4, -0.2) is 18.1 Å². The fraction of sp³-hybridized carbons (Fsp3) is 0.667. The van der Waals surface area contributed by atoms with Gasteiger partial charge >= 0.3 is 0 Å². The highest BCUT2D eigenvalue weighted by Gasteiger charge is 2.22. The van der Waals surface area contributed by atoms with Crippen LogP contribution in [0.4, 0.5) is 0 Å². The third-order valence-corrected chi connectivity index (χ3v) is 4.48. The van der Waals surface area contributed by atoms with Crippen molar-refractivity contribution in [1.82, 2.24) is 10.3 Å². The van der Waals surface area contributed by atoms with Crippen molar-refractivity contribution in [3.63, 3.8) is 0 Å². The summed E-state index contributed by atoms with van der Waals surface area (Å²) < 4.78 is 0. The van der Waals surface area contributed by atoms with Gasteiger partial charge in [-0.2, -0.15) is 0 Å². The molecule has 3 heteroatoms. The molecule has 1 saturated carbocycles. The maximum absolute atomic E-state index is 6.21. The van der Waals surface area contributed by atoms with E-state index in [9.17, 15) is 0 Å². The molecule has 1 N–H and O–H groups in total. The lowest BCUT2D eigenvalue weighted by Gasteiger charge is -2.26. The molecule has 1 atom stereocenters. The molecule has 0 saturated heterocycles. The third kappa shape index (κ3) is 3.69. The van der Waals surface area contributed by atoms with Crippen molar-refractivity contribution in [2.24, 2.45) is 5.92 Å². The predicted molar refractivity (Wildman–Crippen MR) is 77.0 cm³/mol. The summed E-state index contributed by atoms with van der Waals surface area (Å²) in [6.07, 6.45) is 12.9. The summed E-state index contributed by atoms with van der Waals surface area (Å²) in [7, 11) is 2.07. The van der Waals surface area contributed by atoms with Crippen LogP contribution < -0.4 is 5.32 Å². The highest BCUT2D eigenvalue weighted by Crippen LogP contribution is 2.28. The van der Waals surface area contributed by atoms with E-state index in [0.29, 0.717) is 6.04 Å². The van der Waals surface area contributed by atoms with Crippen LogP contribution >= 0.6 is 11.6 Å². The summed E-state index contributed by atoms with van der Waals surface area (Å²) in [5.74, 6) is 0.793. The number of nitrogens with zero attached hydrogens (tertiary/aromatic N) is 1. The molecule has 0 amide bonds. The highest BCUT2D eigenvalue weighted by atomic mass is 35.5. The summed E-state index contributed by atoms with van der Waals surface area (Å²) in [5.41, 5.74) is 1.22. The first-order valence-electron chi connectivity index (χ1n) is 7.07. The number of aromatic nitrogens is 1. The molecule has 100 valence electrons. The van der Waals surface area contributed by atoms with E-state index in [4.69, 9.17) is 11.6 Å². The molecule has 2 nitrogen and oxygen atoms in total. The Bertz CT molecular complexity index is 359. The standard InChI is InChI=1S/C15H23ClN2/c1-17-15(12-6-4-2-3-5-7-12)10-13-8-9-18-11-14(13)16/h8-9,11-12,15,17H,2-7,10H2,1H3. The minimum atomic E-state index is 0.544. The van der Waals surface area contributed by atoms with Gasteiger partial charge in [-0.25, -0.2) is 0 Å². The van der Waals surface area contributed by atoms with Gasteiger partial charge in [-0.05, 0) is 43.9 Å². The van der Waals surface area contributed by atoms with Gasteiger partial charge in [0.25, 0.3) is 0 Å². The molecule has 1 aromatic rings. The van der Waals surface area contributed by atoms with Crippen LogP contribution in [0.1, 0.15) is 44.1 Å². The fourth-order valence-electron chi connectivity index (χ4n) is 3.02. The molecule has 0 spiro atoms. The Morgan fingerprint density at radius 3 is 2.67 bits per heavy atom. The van der Waals surface area contributed by atoms with E-state index in [1.54, 1.807) is 6.20 Å². The highest BCUT2D eigenvalue weighted by molar-refractivity contribution is 6.31. The zero-order valence-corrected chi connectivity index (χ0v) is 11.9. The summed E-state index contributed by atoms with van der Waals surface area (Å²) in [6.45, 7) is 0. The molecule has 0 radical (unpaired) electrons. The predicted octanol–water partition coefficient (Wildman–Crippen LogP) is 3.84. The molecule has 1 aromatic heterocycles. The Kier molecular flexibility index (Phi) is 5.45. The van der Waals surface area contributed by atoms with E-state index in [0.717, 1.165) is 17.4 Å². The van der Waals surface area contributed by atoms with Crippen molar-refractivity contribution in [2.75, 3.05) is 7.05 Å². The molecule has 2 rings (SSSR count). The van der Waals surface area contributed by atoms with Crippen LogP contribution in [0.3, 0.4) is 0 Å². The van der Waals surface area contributed by atoms with Crippen molar-refractivity contribution in [3.05, 3.63) is 29.0 Å². The van der Waals surface area contributed by atoms with E-state index < -0.39 is 0 Å². The Morgan fingerprint density at radius 2 is 2.06 bits per heavy atom. The first-order chi connectivity index (χ1) is 8.81. The fourth-order valence-corrected chi connectivity index (χ4v) is 3.22. The van der Waals surface area contributed by atoms with Gasteiger partial charge in [0.2, 0.25) is 0 Å². The smallest absolute Gasteiger partial charge is 0.0621 e. The number of hydrogen-bond acceptors (Lipinski definition) is 2. The molecule has 1 heterocycles. The molecule has 1 aliphatic carbocycles. The van der Waals surface area contributed by atoms with Crippen LogP contribution in [0.25, 0.3) is 0 Å². The molecular formula is C15H23ClN2. The van der Waals surface area contributed by atoms with Gasteiger partial charge in [0.05, 0.1) is 5.02 Å². The number of nitrogens with one attached hydrogen (secondary N) is 1. The van der Waals surface area contributed by atoms with Crippen molar-refractivity contribution >= 4 is 11.6 Å². The Morgan fingerprint density at radius 1 is 1.33 bits per heavy atom. The van der Waals surface area contributed by atoms with E-state index in [-0.39, 0.29) is 0 Å². The molecule has 0 aromatic carbocycles. The molecule has 1 fully saturated rings. The lowest BCUT2D eigenvalue weighted by Crippen LogP contribution is -2.35. The van der Waals surface area contributed by atoms with Gasteiger partial charge in [0.15, 0.2) is 0 Å². The molecule has 1 unspecified atom stereocenters. The van der Waals surface area contributed by atoms with Crippen LogP contribution in [-0.2, 0) is 6.42 Å². The summed E-state index contributed by atoms with van der Waals surface area (Å²) in [4.78, 5) is 4.05. The quantitative estimate of drug-likeness (QED) is 0.838. The first-order valence-corrected chi connectivity index (χ1v) is 7.44. The molecule has 1 aliphatic rings. The summed E-state index contributed by atoms with van der Waals surface area (Å²) >= 11 is 6.21. The third-order valence-electron chi connectivity index (χ3n) is 4.14. The average Bonchev–Trinajstić information content (AvgIpc) is 2.67. The summed E-state index contributed by atoms with van der Waals surface area (Å²) in [5, 5.41) is 4.29. The second-order valence-electron chi connectivity index (χ2n) is 5.32. The zero-order chi connectivity index (χ0) is 12.8. The minimum Gasteiger partial charge on any atom is -0.316 e. The van der Waals surface area contributed by atoms with Crippen LogP contribution in [0.2, 0.25) is 5.02 Å². The number of likely N-dealkylation sites (N-methyl/N-ethyl adjacent to an activating group) is 1. The van der Waals surface area contributed by atoms with Gasteiger partial charge in [0, 0.05) is 18.4 Å². The number of hydrogen-bond donors (Lipinski definition) is 1. The second kappa shape index (κ2) is 7.10.